The molecule has 1 atom stereocenters. The van der Waals surface area contributed by atoms with Crippen LogP contribution in [0.2, 0.25) is 0 Å². The molecule has 0 saturated carbocycles. The molecule has 5 rings (SSSR count). The van der Waals surface area contributed by atoms with Crippen LogP contribution in [0.4, 0.5) is 0 Å². The van der Waals surface area contributed by atoms with Crippen LogP contribution in [-0.2, 0) is 13.0 Å². The van der Waals surface area contributed by atoms with Crippen molar-refractivity contribution in [2.24, 2.45) is 0 Å². The Morgan fingerprint density at radius 2 is 2.11 bits per heavy atom. The molecule has 0 saturated heterocycles. The third kappa shape index (κ3) is 2.79. The number of amides is 1. The average molecular weight is 375 g/mol. The van der Waals surface area contributed by atoms with Gasteiger partial charge < -0.3 is 18.8 Å². The number of aromatic amines is 1. The van der Waals surface area contributed by atoms with Crippen molar-refractivity contribution in [1.82, 2.24) is 25.0 Å². The van der Waals surface area contributed by atoms with E-state index in [2.05, 4.69) is 20.1 Å². The quantitative estimate of drug-likeness (QED) is 0.590. The normalized spacial score (nSPS) is 16.2. The lowest BCUT2D eigenvalue weighted by Crippen LogP contribution is -2.39. The molecule has 4 aromatic rings. The summed E-state index contributed by atoms with van der Waals surface area (Å²) in [6.45, 7) is 2.38. The van der Waals surface area contributed by atoms with Crippen molar-refractivity contribution in [1.29, 1.82) is 0 Å². The largest absolute Gasteiger partial charge is 0.459 e. The first-order valence-electron chi connectivity index (χ1n) is 8.95. The lowest BCUT2D eigenvalue weighted by Gasteiger charge is -2.32. The van der Waals surface area contributed by atoms with E-state index in [9.17, 15) is 4.79 Å². The van der Waals surface area contributed by atoms with Gasteiger partial charge >= 0.3 is 0 Å². The molecular weight excluding hydrogens is 358 g/mol. The summed E-state index contributed by atoms with van der Waals surface area (Å²) >= 11 is 0. The minimum absolute atomic E-state index is 0.231. The number of benzene rings is 1. The predicted molar refractivity (Wildman–Crippen MR) is 98.1 cm³/mol. The van der Waals surface area contributed by atoms with Crippen LogP contribution in [0, 0.1) is 6.92 Å². The molecule has 1 amide bonds. The summed E-state index contributed by atoms with van der Waals surface area (Å²) in [5.74, 6) is 0.911. The number of hydrogen-bond donors (Lipinski definition) is 1. The monoisotopic (exact) mass is 375 g/mol. The van der Waals surface area contributed by atoms with Crippen LogP contribution >= 0.6 is 0 Å². The molecular formula is C20H17N5O3. The number of furan rings is 1. The van der Waals surface area contributed by atoms with Crippen molar-refractivity contribution < 1.29 is 13.7 Å². The standard InChI is InChI=1S/C20H17N5O3/c1-12-4-6-13(7-5-12)18-23-19(28-24-18)16-9-14-15(22-11-21-14)10-25(16)20(26)17-3-2-8-27-17/h2-8,11,16H,9-10H2,1H3,(H,21,22). The van der Waals surface area contributed by atoms with E-state index in [-0.39, 0.29) is 11.7 Å². The Bertz CT molecular complexity index is 1110. The van der Waals surface area contributed by atoms with E-state index in [1.807, 2.05) is 31.2 Å². The van der Waals surface area contributed by atoms with Crippen LogP contribution in [0.1, 0.15) is 39.4 Å². The molecule has 1 aliphatic rings. The van der Waals surface area contributed by atoms with Crippen LogP contribution in [0.3, 0.4) is 0 Å². The highest BCUT2D eigenvalue weighted by molar-refractivity contribution is 5.91. The number of nitrogens with zero attached hydrogens (tertiary/aromatic N) is 4. The Kier molecular flexibility index (Phi) is 3.82. The Morgan fingerprint density at radius 3 is 2.89 bits per heavy atom. The van der Waals surface area contributed by atoms with E-state index in [0.29, 0.717) is 24.7 Å². The number of hydrogen-bond acceptors (Lipinski definition) is 6. The van der Waals surface area contributed by atoms with Gasteiger partial charge in [0.05, 0.1) is 30.5 Å². The molecule has 4 heterocycles. The SMILES string of the molecule is Cc1ccc(-c2noc(C3Cc4nc[nH]c4CN3C(=O)c3ccco3)n2)cc1. The fourth-order valence-corrected chi connectivity index (χ4v) is 3.40. The number of nitrogens with one attached hydrogen (secondary N) is 1. The predicted octanol–water partition coefficient (Wildman–Crippen LogP) is 3.30. The van der Waals surface area contributed by atoms with E-state index >= 15 is 0 Å². The molecule has 8 nitrogen and oxygen atoms in total. The van der Waals surface area contributed by atoms with Gasteiger partial charge in [0.2, 0.25) is 11.7 Å². The number of aromatic nitrogens is 4. The molecule has 3 aromatic heterocycles. The van der Waals surface area contributed by atoms with Gasteiger partial charge in [-0.2, -0.15) is 4.98 Å². The maximum atomic E-state index is 13.0. The molecule has 0 radical (unpaired) electrons. The summed E-state index contributed by atoms with van der Waals surface area (Å²) in [5.41, 5.74) is 3.81. The summed E-state index contributed by atoms with van der Waals surface area (Å²) in [5, 5.41) is 4.12. The first-order valence-corrected chi connectivity index (χ1v) is 8.95. The fourth-order valence-electron chi connectivity index (χ4n) is 3.40. The number of rotatable bonds is 3. The summed E-state index contributed by atoms with van der Waals surface area (Å²) in [4.78, 5) is 26.7. The van der Waals surface area contributed by atoms with Crippen molar-refractivity contribution >= 4 is 5.91 Å². The first kappa shape index (κ1) is 16.5. The molecule has 28 heavy (non-hydrogen) atoms. The van der Waals surface area contributed by atoms with Gasteiger partial charge in [0.15, 0.2) is 5.76 Å². The van der Waals surface area contributed by atoms with Gasteiger partial charge in [0, 0.05) is 12.0 Å². The zero-order valence-electron chi connectivity index (χ0n) is 15.1. The first-order chi connectivity index (χ1) is 13.7. The van der Waals surface area contributed by atoms with Crippen LogP contribution in [0.25, 0.3) is 11.4 Å². The summed E-state index contributed by atoms with van der Waals surface area (Å²) in [6, 6.07) is 10.8. The van der Waals surface area contributed by atoms with Crippen molar-refractivity contribution in [2.45, 2.75) is 25.9 Å². The molecule has 0 fully saturated rings. The molecule has 1 unspecified atom stereocenters. The molecule has 8 heteroatoms. The Labute approximate surface area is 160 Å². The topological polar surface area (TPSA) is 101 Å². The molecule has 1 N–H and O–H groups in total. The van der Waals surface area contributed by atoms with Crippen molar-refractivity contribution in [2.75, 3.05) is 0 Å². The van der Waals surface area contributed by atoms with Crippen molar-refractivity contribution in [3.63, 3.8) is 0 Å². The van der Waals surface area contributed by atoms with E-state index in [4.69, 9.17) is 8.94 Å². The molecule has 0 aliphatic carbocycles. The van der Waals surface area contributed by atoms with Gasteiger partial charge in [-0.1, -0.05) is 35.0 Å². The third-order valence-corrected chi connectivity index (χ3v) is 4.93. The summed E-state index contributed by atoms with van der Waals surface area (Å²) < 4.78 is 10.9. The van der Waals surface area contributed by atoms with Gasteiger partial charge in [0.25, 0.3) is 5.91 Å². The zero-order valence-corrected chi connectivity index (χ0v) is 15.1. The minimum Gasteiger partial charge on any atom is -0.459 e. The van der Waals surface area contributed by atoms with E-state index in [1.165, 1.54) is 6.26 Å². The Morgan fingerprint density at radius 1 is 1.25 bits per heavy atom. The smallest absolute Gasteiger partial charge is 0.290 e. The zero-order chi connectivity index (χ0) is 19.1. The van der Waals surface area contributed by atoms with Crippen LogP contribution < -0.4 is 0 Å². The maximum absolute atomic E-state index is 13.0. The average Bonchev–Trinajstić information content (AvgIpc) is 3.48. The van der Waals surface area contributed by atoms with Gasteiger partial charge in [0.1, 0.15) is 6.04 Å². The highest BCUT2D eigenvalue weighted by Gasteiger charge is 2.37. The van der Waals surface area contributed by atoms with Crippen LogP contribution in [-0.4, -0.2) is 30.9 Å². The lowest BCUT2D eigenvalue weighted by atomic mass is 10.0. The van der Waals surface area contributed by atoms with E-state index < -0.39 is 6.04 Å². The van der Waals surface area contributed by atoms with Crippen molar-refractivity contribution in [3.8, 4) is 11.4 Å². The van der Waals surface area contributed by atoms with Gasteiger partial charge in [-0.05, 0) is 19.1 Å². The number of carbonyl (C=O) groups excluding carboxylic acids is 1. The lowest BCUT2D eigenvalue weighted by molar-refractivity contribution is 0.0557. The number of fused-ring (bicyclic) bond motifs is 1. The molecule has 140 valence electrons. The number of carbonyl (C=O) groups is 1. The second-order valence-corrected chi connectivity index (χ2v) is 6.78. The highest BCUT2D eigenvalue weighted by atomic mass is 16.5. The van der Waals surface area contributed by atoms with E-state index in [1.54, 1.807) is 23.4 Å². The molecule has 0 spiro atoms. The van der Waals surface area contributed by atoms with Crippen molar-refractivity contribution in [3.05, 3.63) is 77.6 Å². The van der Waals surface area contributed by atoms with E-state index in [0.717, 1.165) is 22.5 Å². The number of H-pyrrole nitrogens is 1. The third-order valence-electron chi connectivity index (χ3n) is 4.93. The van der Waals surface area contributed by atoms with Crippen LogP contribution in [0.5, 0.6) is 0 Å². The van der Waals surface area contributed by atoms with Gasteiger partial charge in [-0.15, -0.1) is 0 Å². The minimum atomic E-state index is -0.417. The van der Waals surface area contributed by atoms with Gasteiger partial charge in [-0.25, -0.2) is 4.98 Å². The molecule has 1 aliphatic heterocycles. The highest BCUT2D eigenvalue weighted by Crippen LogP contribution is 2.33. The Balaban J connectivity index is 1.51. The second kappa shape index (κ2) is 6.49. The van der Waals surface area contributed by atoms with Crippen LogP contribution in [0.15, 0.2) is 57.9 Å². The second-order valence-electron chi connectivity index (χ2n) is 6.78. The number of aryl methyl sites for hydroxylation is 1. The molecule has 0 bridgehead atoms. The maximum Gasteiger partial charge on any atom is 0.290 e. The summed E-state index contributed by atoms with van der Waals surface area (Å²) in [7, 11) is 0. The fraction of sp³-hybridized carbons (Fsp3) is 0.200. The van der Waals surface area contributed by atoms with Gasteiger partial charge in [-0.3, -0.25) is 4.79 Å². The molecule has 1 aromatic carbocycles. The number of imidazole rings is 1. The Hall–Kier alpha value is -3.68. The summed E-state index contributed by atoms with van der Waals surface area (Å²) in [6.07, 6.45) is 3.60.